The van der Waals surface area contributed by atoms with Crippen molar-refractivity contribution in [3.8, 4) is 5.75 Å². The van der Waals surface area contributed by atoms with Crippen molar-refractivity contribution in [1.82, 2.24) is 10.2 Å². The Morgan fingerprint density at radius 2 is 2.15 bits per heavy atom. The zero-order valence-corrected chi connectivity index (χ0v) is 11.3. The highest BCUT2D eigenvalue weighted by atomic mass is 19.3. The normalized spacial score (nSPS) is 19.3. The van der Waals surface area contributed by atoms with Crippen LogP contribution < -0.4 is 10.1 Å². The molecule has 1 aliphatic rings. The first kappa shape index (κ1) is 14.7. The summed E-state index contributed by atoms with van der Waals surface area (Å²) in [7, 11) is 1.94. The lowest BCUT2D eigenvalue weighted by atomic mass is 10.2. The van der Waals surface area contributed by atoms with Crippen LogP contribution >= 0.6 is 0 Å². The smallest absolute Gasteiger partial charge is 0.387 e. The number of alkyl halides is 2. The fourth-order valence-electron chi connectivity index (χ4n) is 2.34. The average Bonchev–Trinajstić information content (AvgIpc) is 2.83. The van der Waals surface area contributed by atoms with Crippen molar-refractivity contribution in [2.24, 2.45) is 0 Å². The molecule has 1 heterocycles. The van der Waals surface area contributed by atoms with Gasteiger partial charge in [0.2, 0.25) is 5.91 Å². The minimum Gasteiger partial charge on any atom is -0.435 e. The van der Waals surface area contributed by atoms with Crippen LogP contribution in [0.5, 0.6) is 5.75 Å². The number of halogens is 2. The lowest BCUT2D eigenvalue weighted by Gasteiger charge is -2.18. The molecule has 0 aromatic heterocycles. The minimum absolute atomic E-state index is 0.0120. The molecule has 1 aromatic carbocycles. The number of nitrogens with one attached hydrogen (secondary N) is 1. The van der Waals surface area contributed by atoms with E-state index in [2.05, 4.69) is 10.1 Å². The molecule has 1 saturated heterocycles. The molecule has 0 aliphatic carbocycles. The van der Waals surface area contributed by atoms with Crippen LogP contribution in [0.2, 0.25) is 0 Å². The van der Waals surface area contributed by atoms with E-state index < -0.39 is 6.61 Å². The number of carbonyl (C=O) groups is 1. The summed E-state index contributed by atoms with van der Waals surface area (Å²) in [4.78, 5) is 14.0. The quantitative estimate of drug-likeness (QED) is 0.899. The number of likely N-dealkylation sites (N-methyl/N-ethyl adjacent to an activating group) is 1. The van der Waals surface area contributed by atoms with E-state index >= 15 is 0 Å². The Hall–Kier alpha value is -1.69. The molecule has 1 amide bonds. The van der Waals surface area contributed by atoms with Gasteiger partial charge in [0, 0.05) is 6.54 Å². The van der Waals surface area contributed by atoms with E-state index in [1.54, 1.807) is 12.1 Å². The third-order valence-corrected chi connectivity index (χ3v) is 3.44. The molecule has 1 aliphatic heterocycles. The minimum atomic E-state index is -2.82. The molecule has 1 aromatic rings. The van der Waals surface area contributed by atoms with E-state index in [0.717, 1.165) is 24.9 Å². The molecular formula is C14H18F2N2O2. The summed E-state index contributed by atoms with van der Waals surface area (Å²) >= 11 is 0. The number of rotatable bonds is 5. The van der Waals surface area contributed by atoms with Crippen LogP contribution in [0.15, 0.2) is 24.3 Å². The fraction of sp³-hybridized carbons (Fsp3) is 0.500. The molecule has 1 atom stereocenters. The number of nitrogens with zero attached hydrogens (tertiary/aromatic N) is 1. The number of ether oxygens (including phenoxy) is 1. The number of hydrogen-bond donors (Lipinski definition) is 1. The van der Waals surface area contributed by atoms with Crippen LogP contribution in [0, 0.1) is 0 Å². The third-order valence-electron chi connectivity index (χ3n) is 3.44. The van der Waals surface area contributed by atoms with Gasteiger partial charge in [0.15, 0.2) is 0 Å². The molecule has 20 heavy (non-hydrogen) atoms. The fourth-order valence-corrected chi connectivity index (χ4v) is 2.34. The van der Waals surface area contributed by atoms with Gasteiger partial charge in [-0.05, 0) is 44.1 Å². The molecule has 1 N–H and O–H groups in total. The van der Waals surface area contributed by atoms with E-state index in [4.69, 9.17) is 0 Å². The molecule has 110 valence electrons. The maximum atomic E-state index is 12.0. The molecular weight excluding hydrogens is 266 g/mol. The molecule has 4 nitrogen and oxygen atoms in total. The molecule has 1 fully saturated rings. The Morgan fingerprint density at radius 1 is 1.45 bits per heavy atom. The van der Waals surface area contributed by atoms with Crippen LogP contribution in [0.25, 0.3) is 0 Å². The summed E-state index contributed by atoms with van der Waals surface area (Å²) in [5.74, 6) is 0.128. The Bertz CT molecular complexity index is 451. The third kappa shape index (κ3) is 3.90. The zero-order chi connectivity index (χ0) is 14.5. The van der Waals surface area contributed by atoms with Gasteiger partial charge in [-0.25, -0.2) is 0 Å². The second kappa shape index (κ2) is 6.65. The molecule has 0 saturated carbocycles. The van der Waals surface area contributed by atoms with Crippen LogP contribution in [-0.2, 0) is 11.3 Å². The predicted molar refractivity (Wildman–Crippen MR) is 70.6 cm³/mol. The van der Waals surface area contributed by atoms with Gasteiger partial charge in [-0.2, -0.15) is 8.78 Å². The van der Waals surface area contributed by atoms with Crippen LogP contribution in [0.1, 0.15) is 18.4 Å². The Morgan fingerprint density at radius 3 is 2.70 bits per heavy atom. The molecule has 6 heteroatoms. The van der Waals surface area contributed by atoms with Crippen molar-refractivity contribution in [1.29, 1.82) is 0 Å². The van der Waals surface area contributed by atoms with Crippen LogP contribution in [-0.4, -0.2) is 37.1 Å². The van der Waals surface area contributed by atoms with Crippen molar-refractivity contribution in [3.05, 3.63) is 29.8 Å². The van der Waals surface area contributed by atoms with Gasteiger partial charge in [0.25, 0.3) is 0 Å². The summed E-state index contributed by atoms with van der Waals surface area (Å²) in [6, 6.07) is 6.20. The highest BCUT2D eigenvalue weighted by Gasteiger charge is 2.27. The van der Waals surface area contributed by atoms with Gasteiger partial charge in [-0.3, -0.25) is 9.69 Å². The first-order valence-corrected chi connectivity index (χ1v) is 6.58. The Balaban J connectivity index is 1.83. The van der Waals surface area contributed by atoms with Crippen molar-refractivity contribution in [3.63, 3.8) is 0 Å². The summed E-state index contributed by atoms with van der Waals surface area (Å²) in [5, 5.41) is 2.86. The molecule has 0 unspecified atom stereocenters. The summed E-state index contributed by atoms with van der Waals surface area (Å²) in [5.41, 5.74) is 0.848. The number of likely N-dealkylation sites (tertiary alicyclic amines) is 1. The molecule has 0 spiro atoms. The topological polar surface area (TPSA) is 41.6 Å². The second-order valence-electron chi connectivity index (χ2n) is 4.88. The summed E-state index contributed by atoms with van der Waals surface area (Å²) in [6.45, 7) is -1.49. The highest BCUT2D eigenvalue weighted by molar-refractivity contribution is 5.81. The predicted octanol–water partition coefficient (Wildman–Crippen LogP) is 2.00. The maximum absolute atomic E-state index is 12.0. The van der Waals surface area contributed by atoms with Crippen molar-refractivity contribution in [2.45, 2.75) is 32.0 Å². The monoisotopic (exact) mass is 284 g/mol. The first-order chi connectivity index (χ1) is 9.56. The highest BCUT2D eigenvalue weighted by Crippen LogP contribution is 2.16. The van der Waals surface area contributed by atoms with E-state index in [9.17, 15) is 13.6 Å². The zero-order valence-electron chi connectivity index (χ0n) is 11.3. The average molecular weight is 284 g/mol. The van der Waals surface area contributed by atoms with Crippen molar-refractivity contribution in [2.75, 3.05) is 13.6 Å². The SMILES string of the molecule is CN1CCC[C@H]1C(=O)NCc1ccc(OC(F)F)cc1. The van der Waals surface area contributed by atoms with Gasteiger partial charge in [-0.15, -0.1) is 0 Å². The van der Waals surface area contributed by atoms with Gasteiger partial charge in [-0.1, -0.05) is 12.1 Å². The number of carbonyl (C=O) groups excluding carboxylic acids is 1. The number of benzene rings is 1. The maximum Gasteiger partial charge on any atom is 0.387 e. The lowest BCUT2D eigenvalue weighted by molar-refractivity contribution is -0.125. The standard InChI is InChI=1S/C14H18F2N2O2/c1-18-8-2-3-12(18)13(19)17-9-10-4-6-11(7-5-10)20-14(15)16/h4-7,12,14H,2-3,8-9H2,1H3,(H,17,19)/t12-/m0/s1. The van der Waals surface area contributed by atoms with Crippen molar-refractivity contribution < 1.29 is 18.3 Å². The molecule has 2 rings (SSSR count). The van der Waals surface area contributed by atoms with E-state index in [0.29, 0.717) is 6.54 Å². The number of amides is 1. The van der Waals surface area contributed by atoms with E-state index in [1.807, 2.05) is 11.9 Å². The lowest BCUT2D eigenvalue weighted by Crippen LogP contribution is -2.41. The van der Waals surface area contributed by atoms with Crippen LogP contribution in [0.4, 0.5) is 8.78 Å². The molecule has 0 bridgehead atoms. The largest absolute Gasteiger partial charge is 0.435 e. The summed E-state index contributed by atoms with van der Waals surface area (Å²) in [6.07, 6.45) is 1.91. The van der Waals surface area contributed by atoms with Gasteiger partial charge in [0.05, 0.1) is 6.04 Å². The Labute approximate surface area is 116 Å². The molecule has 0 radical (unpaired) electrons. The second-order valence-corrected chi connectivity index (χ2v) is 4.88. The van der Waals surface area contributed by atoms with Gasteiger partial charge < -0.3 is 10.1 Å². The van der Waals surface area contributed by atoms with Crippen molar-refractivity contribution >= 4 is 5.91 Å². The van der Waals surface area contributed by atoms with E-state index in [1.165, 1.54) is 12.1 Å². The van der Waals surface area contributed by atoms with E-state index in [-0.39, 0.29) is 17.7 Å². The first-order valence-electron chi connectivity index (χ1n) is 6.58. The Kier molecular flexibility index (Phi) is 4.89. The van der Waals surface area contributed by atoms with Gasteiger partial charge >= 0.3 is 6.61 Å². The number of hydrogen-bond acceptors (Lipinski definition) is 3. The van der Waals surface area contributed by atoms with Gasteiger partial charge in [0.1, 0.15) is 5.75 Å². The summed E-state index contributed by atoms with van der Waals surface area (Å²) < 4.78 is 28.3. The van der Waals surface area contributed by atoms with Crippen LogP contribution in [0.3, 0.4) is 0 Å².